The summed E-state index contributed by atoms with van der Waals surface area (Å²) in [4.78, 5) is 24.5. The van der Waals surface area contributed by atoms with Crippen LogP contribution < -0.4 is 15.1 Å². The van der Waals surface area contributed by atoms with Crippen molar-refractivity contribution in [3.05, 3.63) is 47.0 Å². The maximum atomic E-state index is 12.4. The van der Waals surface area contributed by atoms with Gasteiger partial charge in [-0.15, -0.1) is 0 Å². The van der Waals surface area contributed by atoms with Gasteiger partial charge in [-0.25, -0.2) is 4.98 Å². The zero-order valence-electron chi connectivity index (χ0n) is 13.8. The predicted octanol–water partition coefficient (Wildman–Crippen LogP) is 1.03. The normalized spacial score (nSPS) is 15.4. The lowest BCUT2D eigenvalue weighted by molar-refractivity contribution is -0.880. The molecule has 7 heteroatoms. The molecule has 1 aliphatic rings. The number of piperazine rings is 1. The van der Waals surface area contributed by atoms with E-state index in [1.165, 1.54) is 11.1 Å². The molecular formula is C17H21ClN5O+. The average molecular weight is 347 g/mol. The first-order chi connectivity index (χ1) is 11.5. The van der Waals surface area contributed by atoms with Gasteiger partial charge in [0.05, 0.1) is 56.5 Å². The van der Waals surface area contributed by atoms with Crippen molar-refractivity contribution in [1.82, 2.24) is 9.97 Å². The quantitative estimate of drug-likeness (QED) is 0.871. The lowest BCUT2D eigenvalue weighted by atomic mass is 10.2. The van der Waals surface area contributed by atoms with Gasteiger partial charge in [0, 0.05) is 11.2 Å². The van der Waals surface area contributed by atoms with Crippen LogP contribution in [0.4, 0.5) is 11.4 Å². The van der Waals surface area contributed by atoms with Crippen molar-refractivity contribution in [1.29, 1.82) is 0 Å². The van der Waals surface area contributed by atoms with Gasteiger partial charge < -0.3 is 15.1 Å². The molecule has 0 unspecified atom stereocenters. The van der Waals surface area contributed by atoms with Crippen molar-refractivity contribution in [3.8, 4) is 0 Å². The molecule has 1 saturated heterocycles. The molecule has 0 radical (unpaired) electrons. The molecule has 1 aromatic carbocycles. The molecule has 2 heterocycles. The fourth-order valence-corrected chi connectivity index (χ4v) is 2.88. The van der Waals surface area contributed by atoms with Crippen molar-refractivity contribution in [2.24, 2.45) is 0 Å². The minimum atomic E-state index is -0.286. The summed E-state index contributed by atoms with van der Waals surface area (Å²) in [5.74, 6) is -0.286. The number of aryl methyl sites for hydroxylation is 1. The zero-order chi connectivity index (χ0) is 17.1. The number of nitrogens with zero attached hydrogens (tertiary/aromatic N) is 3. The number of carbonyl (C=O) groups is 1. The Kier molecular flexibility index (Phi) is 4.97. The van der Waals surface area contributed by atoms with Crippen LogP contribution in [0, 0.1) is 6.92 Å². The SMILES string of the molecule is Cc1cnc(C(=O)Nc2cc(Cl)ccc2N2CC[NH+](C)CC2)cn1. The van der Waals surface area contributed by atoms with E-state index < -0.39 is 0 Å². The fourth-order valence-electron chi connectivity index (χ4n) is 2.71. The second kappa shape index (κ2) is 7.15. The summed E-state index contributed by atoms with van der Waals surface area (Å²) in [6, 6.07) is 5.59. The monoisotopic (exact) mass is 346 g/mol. The summed E-state index contributed by atoms with van der Waals surface area (Å²) < 4.78 is 0. The zero-order valence-corrected chi connectivity index (χ0v) is 14.6. The Bertz CT molecular complexity index is 726. The first-order valence-corrected chi connectivity index (χ1v) is 8.36. The number of anilines is 2. The molecule has 1 aliphatic heterocycles. The van der Waals surface area contributed by atoms with E-state index in [-0.39, 0.29) is 11.6 Å². The number of quaternary nitrogens is 1. The Labute approximate surface area is 146 Å². The van der Waals surface area contributed by atoms with Crippen LogP contribution in [0.15, 0.2) is 30.6 Å². The summed E-state index contributed by atoms with van der Waals surface area (Å²) in [6.07, 6.45) is 3.06. The molecule has 0 aliphatic carbocycles. The number of halogens is 1. The van der Waals surface area contributed by atoms with Crippen molar-refractivity contribution in [2.45, 2.75) is 6.92 Å². The highest BCUT2D eigenvalue weighted by Crippen LogP contribution is 2.29. The average Bonchev–Trinajstić information content (AvgIpc) is 2.57. The van der Waals surface area contributed by atoms with Gasteiger partial charge in [0.15, 0.2) is 0 Å². The van der Waals surface area contributed by atoms with Crippen LogP contribution in [0.3, 0.4) is 0 Å². The lowest BCUT2D eigenvalue weighted by Crippen LogP contribution is -3.12. The van der Waals surface area contributed by atoms with Crippen LogP contribution in [-0.2, 0) is 0 Å². The number of rotatable bonds is 3. The number of amides is 1. The molecule has 1 fully saturated rings. The molecule has 6 nitrogen and oxygen atoms in total. The third-order valence-electron chi connectivity index (χ3n) is 4.18. The highest BCUT2D eigenvalue weighted by molar-refractivity contribution is 6.31. The second-order valence-electron chi connectivity index (χ2n) is 6.10. The fraction of sp³-hybridized carbons (Fsp3) is 0.353. The van der Waals surface area contributed by atoms with Gasteiger partial charge in [0.2, 0.25) is 0 Å². The number of hydrogen-bond acceptors (Lipinski definition) is 4. The number of benzene rings is 1. The van der Waals surface area contributed by atoms with Gasteiger partial charge in [0.1, 0.15) is 5.69 Å². The molecule has 2 N–H and O–H groups in total. The van der Waals surface area contributed by atoms with Gasteiger partial charge in [-0.05, 0) is 25.1 Å². The van der Waals surface area contributed by atoms with Gasteiger partial charge >= 0.3 is 0 Å². The van der Waals surface area contributed by atoms with E-state index in [1.54, 1.807) is 12.3 Å². The van der Waals surface area contributed by atoms with Crippen LogP contribution in [-0.4, -0.2) is 49.1 Å². The summed E-state index contributed by atoms with van der Waals surface area (Å²) in [5, 5.41) is 3.51. The molecule has 0 atom stereocenters. The predicted molar refractivity (Wildman–Crippen MR) is 95.0 cm³/mol. The Hall–Kier alpha value is -2.18. The summed E-state index contributed by atoms with van der Waals surface area (Å²) in [6.45, 7) is 5.86. The maximum absolute atomic E-state index is 12.4. The number of carbonyl (C=O) groups excluding carboxylic acids is 1. The van der Waals surface area contributed by atoms with Crippen molar-refractivity contribution in [2.75, 3.05) is 43.4 Å². The van der Waals surface area contributed by atoms with Crippen LogP contribution in [0.25, 0.3) is 0 Å². The highest BCUT2D eigenvalue weighted by atomic mass is 35.5. The van der Waals surface area contributed by atoms with E-state index in [1.807, 2.05) is 19.1 Å². The van der Waals surface area contributed by atoms with Gasteiger partial charge in [-0.1, -0.05) is 11.6 Å². The van der Waals surface area contributed by atoms with Crippen LogP contribution in [0.1, 0.15) is 16.2 Å². The van der Waals surface area contributed by atoms with Crippen molar-refractivity contribution in [3.63, 3.8) is 0 Å². The molecule has 0 bridgehead atoms. The third kappa shape index (κ3) is 3.83. The molecule has 24 heavy (non-hydrogen) atoms. The first-order valence-electron chi connectivity index (χ1n) is 7.99. The molecule has 3 rings (SSSR count). The van der Waals surface area contributed by atoms with Crippen LogP contribution >= 0.6 is 11.6 Å². The van der Waals surface area contributed by atoms with Crippen LogP contribution in [0.2, 0.25) is 5.02 Å². The van der Waals surface area contributed by atoms with E-state index in [4.69, 9.17) is 11.6 Å². The molecule has 0 spiro atoms. The molecule has 1 aromatic heterocycles. The van der Waals surface area contributed by atoms with Crippen molar-refractivity contribution >= 4 is 28.9 Å². The Morgan fingerprint density at radius 1 is 1.25 bits per heavy atom. The Morgan fingerprint density at radius 3 is 2.67 bits per heavy atom. The van der Waals surface area contributed by atoms with Gasteiger partial charge in [-0.3, -0.25) is 9.78 Å². The number of hydrogen-bond donors (Lipinski definition) is 2. The smallest absolute Gasteiger partial charge is 0.275 e. The molecule has 126 valence electrons. The van der Waals surface area contributed by atoms with E-state index in [9.17, 15) is 4.79 Å². The lowest BCUT2D eigenvalue weighted by Gasteiger charge is -2.33. The Balaban J connectivity index is 1.82. The van der Waals surface area contributed by atoms with E-state index in [0.29, 0.717) is 10.7 Å². The summed E-state index contributed by atoms with van der Waals surface area (Å²) in [5.41, 5.74) is 2.75. The standard InChI is InChI=1S/C17H20ClN5O/c1-12-10-20-15(11-19-12)17(24)21-14-9-13(18)3-4-16(14)23-7-5-22(2)6-8-23/h3-4,9-11H,5-8H2,1-2H3,(H,21,24)/p+1. The van der Waals surface area contributed by atoms with E-state index in [0.717, 1.165) is 37.6 Å². The van der Waals surface area contributed by atoms with Gasteiger partial charge in [0.25, 0.3) is 5.91 Å². The summed E-state index contributed by atoms with van der Waals surface area (Å²) in [7, 11) is 2.19. The Morgan fingerprint density at radius 2 is 2.00 bits per heavy atom. The molecule has 2 aromatic rings. The maximum Gasteiger partial charge on any atom is 0.275 e. The molecular weight excluding hydrogens is 326 g/mol. The number of likely N-dealkylation sites (N-methyl/N-ethyl adjacent to an activating group) is 1. The number of nitrogens with one attached hydrogen (secondary N) is 2. The van der Waals surface area contributed by atoms with E-state index in [2.05, 4.69) is 27.2 Å². The third-order valence-corrected chi connectivity index (χ3v) is 4.41. The largest absolute Gasteiger partial charge is 0.359 e. The topological polar surface area (TPSA) is 62.6 Å². The molecule has 1 amide bonds. The minimum Gasteiger partial charge on any atom is -0.359 e. The number of aromatic nitrogens is 2. The minimum absolute atomic E-state index is 0.286. The highest BCUT2D eigenvalue weighted by Gasteiger charge is 2.20. The summed E-state index contributed by atoms with van der Waals surface area (Å²) >= 11 is 6.13. The van der Waals surface area contributed by atoms with Crippen LogP contribution in [0.5, 0.6) is 0 Å². The second-order valence-corrected chi connectivity index (χ2v) is 6.54. The molecule has 0 saturated carbocycles. The van der Waals surface area contributed by atoms with Gasteiger partial charge in [-0.2, -0.15) is 0 Å². The van der Waals surface area contributed by atoms with Crippen molar-refractivity contribution < 1.29 is 9.69 Å². The van der Waals surface area contributed by atoms with E-state index >= 15 is 0 Å². The first kappa shape index (κ1) is 16.7.